The second-order valence-corrected chi connectivity index (χ2v) is 14.3. The van der Waals surface area contributed by atoms with E-state index in [0.29, 0.717) is 0 Å². The van der Waals surface area contributed by atoms with Gasteiger partial charge in [-0.15, -0.1) is 11.3 Å². The Kier molecular flexibility index (Phi) is 6.16. The molecule has 3 heteroatoms. The number of furan rings is 1. The summed E-state index contributed by atoms with van der Waals surface area (Å²) in [6.07, 6.45) is 0. The third kappa shape index (κ3) is 4.22. The van der Waals surface area contributed by atoms with E-state index in [0.717, 1.165) is 50.1 Å². The molecule has 0 aliphatic carbocycles. The molecule has 0 unspecified atom stereocenters. The van der Waals surface area contributed by atoms with Gasteiger partial charge in [0.25, 0.3) is 0 Å². The molecule has 2 heterocycles. The van der Waals surface area contributed by atoms with Crippen molar-refractivity contribution < 1.29 is 4.42 Å². The zero-order valence-electron chi connectivity index (χ0n) is 27.5. The number of para-hydroxylation sites is 1. The van der Waals surface area contributed by atoms with Gasteiger partial charge in [-0.1, -0.05) is 133 Å². The quantitative estimate of drug-likeness (QED) is 0.174. The van der Waals surface area contributed by atoms with Crippen LogP contribution in [-0.2, 0) is 0 Å². The molecule has 2 nitrogen and oxygen atoms in total. The van der Waals surface area contributed by atoms with Gasteiger partial charge in [0, 0.05) is 36.5 Å². The molecule has 11 rings (SSSR count). The van der Waals surface area contributed by atoms with E-state index in [4.69, 9.17) is 4.42 Å². The van der Waals surface area contributed by atoms with E-state index >= 15 is 0 Å². The van der Waals surface area contributed by atoms with Crippen LogP contribution in [0.25, 0.3) is 85.6 Å². The van der Waals surface area contributed by atoms with Crippen LogP contribution in [-0.4, -0.2) is 0 Å². The van der Waals surface area contributed by atoms with E-state index in [-0.39, 0.29) is 0 Å². The zero-order valence-corrected chi connectivity index (χ0v) is 28.3. The van der Waals surface area contributed by atoms with E-state index < -0.39 is 0 Å². The maximum absolute atomic E-state index is 6.91. The maximum Gasteiger partial charge on any atom is 0.145 e. The summed E-state index contributed by atoms with van der Waals surface area (Å²) >= 11 is 1.85. The normalized spacial score (nSPS) is 11.9. The molecule has 9 aromatic carbocycles. The number of anilines is 3. The van der Waals surface area contributed by atoms with Crippen LogP contribution in [0.2, 0.25) is 0 Å². The Balaban J connectivity index is 1.30. The number of hydrogen-bond acceptors (Lipinski definition) is 3. The molecule has 0 radical (unpaired) electrons. The smallest absolute Gasteiger partial charge is 0.145 e. The van der Waals surface area contributed by atoms with Crippen molar-refractivity contribution in [3.05, 3.63) is 176 Å². The average molecular weight is 668 g/mol. The predicted octanol–water partition coefficient (Wildman–Crippen LogP) is 14.6. The fraction of sp³-hybridized carbons (Fsp3) is 0. The van der Waals surface area contributed by atoms with Gasteiger partial charge in [0.2, 0.25) is 0 Å². The van der Waals surface area contributed by atoms with Crippen molar-refractivity contribution in [3.63, 3.8) is 0 Å². The van der Waals surface area contributed by atoms with Crippen LogP contribution in [0.15, 0.2) is 180 Å². The van der Waals surface area contributed by atoms with Crippen LogP contribution in [0.3, 0.4) is 0 Å². The highest BCUT2D eigenvalue weighted by atomic mass is 32.1. The van der Waals surface area contributed by atoms with Gasteiger partial charge < -0.3 is 9.32 Å². The zero-order chi connectivity index (χ0) is 33.5. The molecular weight excluding hydrogens is 639 g/mol. The SMILES string of the molecule is c1ccc2c(-c3ccc(N(c4cccc5c4ccc4ccccc45)c4cccc5sc6ccccc6c45)c4c3oc3ccccc34)cccc2c1. The number of nitrogens with zero attached hydrogens (tertiary/aromatic N) is 1. The van der Waals surface area contributed by atoms with Crippen molar-refractivity contribution >= 4 is 103 Å². The number of rotatable bonds is 4. The molecule has 0 N–H and O–H groups in total. The van der Waals surface area contributed by atoms with Crippen LogP contribution in [0, 0.1) is 0 Å². The molecule has 2 aromatic heterocycles. The van der Waals surface area contributed by atoms with Gasteiger partial charge >= 0.3 is 0 Å². The standard InChI is InChI=1S/C48H29NOS/c1-3-15-32-30(12-1)14-9-19-35(32)37-28-29-42(47-38-17-5-7-23-43(38)50-48(37)47)49(41-22-11-25-45-46(41)39-18-6-8-24-44(39)51-45)40-21-10-20-34-33-16-4-2-13-31(33)26-27-36(34)40/h1-29H. The van der Waals surface area contributed by atoms with E-state index in [1.54, 1.807) is 0 Å². The summed E-state index contributed by atoms with van der Waals surface area (Å²) in [5, 5.41) is 12.1. The Morgan fingerprint density at radius 2 is 0.980 bits per heavy atom. The third-order valence-electron chi connectivity index (χ3n) is 10.5. The van der Waals surface area contributed by atoms with Crippen molar-refractivity contribution in [2.24, 2.45) is 0 Å². The van der Waals surface area contributed by atoms with Crippen molar-refractivity contribution in [2.45, 2.75) is 0 Å². The molecule has 0 aliphatic heterocycles. The largest absolute Gasteiger partial charge is 0.455 e. The molecule has 0 saturated carbocycles. The second kappa shape index (κ2) is 11.0. The van der Waals surface area contributed by atoms with Crippen molar-refractivity contribution in [3.8, 4) is 11.1 Å². The van der Waals surface area contributed by atoms with Gasteiger partial charge in [-0.05, 0) is 75.0 Å². The molecule has 0 bridgehead atoms. The lowest BCUT2D eigenvalue weighted by atomic mass is 9.95. The van der Waals surface area contributed by atoms with Crippen LogP contribution in [0.1, 0.15) is 0 Å². The maximum atomic E-state index is 6.91. The molecular formula is C48H29NOS. The molecule has 0 amide bonds. The number of benzene rings is 9. The molecule has 51 heavy (non-hydrogen) atoms. The monoisotopic (exact) mass is 667 g/mol. The Labute approximate surface area is 298 Å². The summed E-state index contributed by atoms with van der Waals surface area (Å²) < 4.78 is 9.47. The minimum absolute atomic E-state index is 0.879. The van der Waals surface area contributed by atoms with Gasteiger partial charge in [-0.2, -0.15) is 0 Å². The molecule has 11 aromatic rings. The highest BCUT2D eigenvalue weighted by Gasteiger charge is 2.26. The fourth-order valence-electron chi connectivity index (χ4n) is 8.22. The minimum Gasteiger partial charge on any atom is -0.455 e. The molecule has 0 aliphatic rings. The predicted molar refractivity (Wildman–Crippen MR) is 219 cm³/mol. The molecule has 0 spiro atoms. The van der Waals surface area contributed by atoms with Gasteiger partial charge in [-0.25, -0.2) is 0 Å². The van der Waals surface area contributed by atoms with Crippen molar-refractivity contribution in [1.82, 2.24) is 0 Å². The van der Waals surface area contributed by atoms with E-state index in [2.05, 4.69) is 181 Å². The van der Waals surface area contributed by atoms with Gasteiger partial charge in [-0.3, -0.25) is 0 Å². The Morgan fingerprint density at radius 3 is 1.88 bits per heavy atom. The number of hydrogen-bond donors (Lipinski definition) is 0. The van der Waals surface area contributed by atoms with Crippen LogP contribution in [0.4, 0.5) is 17.1 Å². The minimum atomic E-state index is 0.879. The lowest BCUT2D eigenvalue weighted by molar-refractivity contribution is 0.670. The first-order valence-corrected chi connectivity index (χ1v) is 18.2. The summed E-state index contributed by atoms with van der Waals surface area (Å²) in [4.78, 5) is 2.50. The highest BCUT2D eigenvalue weighted by molar-refractivity contribution is 7.26. The summed E-state index contributed by atoms with van der Waals surface area (Å²) in [5.74, 6) is 0. The molecule has 0 fully saturated rings. The Hall–Kier alpha value is -6.42. The first-order chi connectivity index (χ1) is 25.3. The Bertz CT molecular complexity index is 3160. The topological polar surface area (TPSA) is 16.4 Å². The van der Waals surface area contributed by atoms with Gasteiger partial charge in [0.15, 0.2) is 0 Å². The summed E-state index contributed by atoms with van der Waals surface area (Å²) in [6, 6.07) is 63.7. The Morgan fingerprint density at radius 1 is 0.353 bits per heavy atom. The fourth-order valence-corrected chi connectivity index (χ4v) is 9.35. The first kappa shape index (κ1) is 28.4. The number of fused-ring (bicyclic) bond motifs is 10. The average Bonchev–Trinajstić information content (AvgIpc) is 3.78. The molecule has 238 valence electrons. The van der Waals surface area contributed by atoms with Gasteiger partial charge in [0.1, 0.15) is 11.2 Å². The highest BCUT2D eigenvalue weighted by Crippen LogP contribution is 2.51. The van der Waals surface area contributed by atoms with Crippen LogP contribution in [0.5, 0.6) is 0 Å². The lowest BCUT2D eigenvalue weighted by Gasteiger charge is -2.29. The van der Waals surface area contributed by atoms with Crippen molar-refractivity contribution in [2.75, 3.05) is 4.90 Å². The van der Waals surface area contributed by atoms with E-state index in [1.807, 2.05) is 11.3 Å². The molecule has 0 atom stereocenters. The van der Waals surface area contributed by atoms with E-state index in [1.165, 1.54) is 52.5 Å². The van der Waals surface area contributed by atoms with Gasteiger partial charge in [0.05, 0.1) is 22.4 Å². The third-order valence-corrected chi connectivity index (χ3v) is 11.6. The van der Waals surface area contributed by atoms with Crippen LogP contribution >= 0.6 is 11.3 Å². The first-order valence-electron chi connectivity index (χ1n) is 17.4. The van der Waals surface area contributed by atoms with Crippen molar-refractivity contribution in [1.29, 1.82) is 0 Å². The number of thiophene rings is 1. The summed E-state index contributed by atoms with van der Waals surface area (Å²) in [7, 11) is 0. The van der Waals surface area contributed by atoms with Crippen LogP contribution < -0.4 is 4.90 Å². The molecule has 0 saturated heterocycles. The second-order valence-electron chi connectivity index (χ2n) is 13.2. The lowest BCUT2D eigenvalue weighted by Crippen LogP contribution is -2.11. The summed E-state index contributed by atoms with van der Waals surface area (Å²) in [6.45, 7) is 0. The summed E-state index contributed by atoms with van der Waals surface area (Å²) in [5.41, 5.74) is 7.39. The van der Waals surface area contributed by atoms with E-state index in [9.17, 15) is 0 Å².